The van der Waals surface area contributed by atoms with Gasteiger partial charge in [0.05, 0.1) is 21.5 Å². The number of hydrogen-bond acceptors (Lipinski definition) is 3. The summed E-state index contributed by atoms with van der Waals surface area (Å²) in [4.78, 5) is 19.8. The fraction of sp³-hybridized carbons (Fsp3) is 0.0476. The second-order valence-corrected chi connectivity index (χ2v) is 7.40. The van der Waals surface area contributed by atoms with E-state index in [-0.39, 0.29) is 21.4 Å². The van der Waals surface area contributed by atoms with Crippen molar-refractivity contribution >= 4 is 42.5 Å². The molecule has 0 bridgehead atoms. The van der Waals surface area contributed by atoms with Gasteiger partial charge >= 0.3 is 6.18 Å². The molecule has 5 aromatic rings. The van der Waals surface area contributed by atoms with Crippen molar-refractivity contribution in [3.63, 3.8) is 0 Å². The van der Waals surface area contributed by atoms with Crippen molar-refractivity contribution in [3.05, 3.63) is 76.6 Å². The van der Waals surface area contributed by atoms with Gasteiger partial charge in [0.2, 0.25) is 0 Å². The Bertz CT molecular complexity index is 1420. The highest BCUT2D eigenvalue weighted by Crippen LogP contribution is 2.43. The van der Waals surface area contributed by atoms with Gasteiger partial charge in [-0.3, -0.25) is 4.79 Å². The van der Waals surface area contributed by atoms with Crippen LogP contribution in [-0.4, -0.2) is 9.97 Å². The number of hydrogen-bond donors (Lipinski definition) is 1. The number of thiophene rings is 1. The first-order chi connectivity index (χ1) is 13.4. The highest BCUT2D eigenvalue weighted by atomic mass is 32.1. The Morgan fingerprint density at radius 1 is 0.929 bits per heavy atom. The van der Waals surface area contributed by atoms with E-state index in [0.717, 1.165) is 17.4 Å². The minimum atomic E-state index is -4.58. The van der Waals surface area contributed by atoms with E-state index in [9.17, 15) is 18.0 Å². The van der Waals surface area contributed by atoms with E-state index in [1.165, 1.54) is 0 Å². The first-order valence-electron chi connectivity index (χ1n) is 8.44. The SMILES string of the molecule is O=c1[nH]c2c(sc3nc(-c4ccccc4)cc(C(F)(F)F)c32)c2ccccc12. The average molecular weight is 396 g/mol. The van der Waals surface area contributed by atoms with Crippen LogP contribution >= 0.6 is 11.3 Å². The summed E-state index contributed by atoms with van der Waals surface area (Å²) >= 11 is 1.16. The van der Waals surface area contributed by atoms with Gasteiger partial charge in [-0.25, -0.2) is 4.98 Å². The number of fused-ring (bicyclic) bond motifs is 5. The summed E-state index contributed by atoms with van der Waals surface area (Å²) in [6, 6.07) is 16.7. The summed E-state index contributed by atoms with van der Waals surface area (Å²) in [5.74, 6) is 0. The quantitative estimate of drug-likeness (QED) is 0.379. The molecule has 5 rings (SSSR count). The molecule has 28 heavy (non-hydrogen) atoms. The highest BCUT2D eigenvalue weighted by molar-refractivity contribution is 7.26. The Morgan fingerprint density at radius 3 is 2.32 bits per heavy atom. The van der Waals surface area contributed by atoms with Crippen molar-refractivity contribution in [3.8, 4) is 11.3 Å². The lowest BCUT2D eigenvalue weighted by atomic mass is 10.0. The van der Waals surface area contributed by atoms with Crippen LogP contribution in [0.5, 0.6) is 0 Å². The van der Waals surface area contributed by atoms with Crippen LogP contribution in [0.25, 0.3) is 42.5 Å². The summed E-state index contributed by atoms with van der Waals surface area (Å²) in [5, 5.41) is 1.01. The molecule has 0 saturated carbocycles. The Hall–Kier alpha value is -3.19. The van der Waals surface area contributed by atoms with Crippen LogP contribution in [0.15, 0.2) is 65.5 Å². The molecule has 0 aliphatic heterocycles. The van der Waals surface area contributed by atoms with Crippen LogP contribution in [0.4, 0.5) is 13.2 Å². The van der Waals surface area contributed by atoms with Crippen LogP contribution in [0.1, 0.15) is 5.56 Å². The topological polar surface area (TPSA) is 45.8 Å². The lowest BCUT2D eigenvalue weighted by Gasteiger charge is -2.11. The summed E-state index contributed by atoms with van der Waals surface area (Å²) in [7, 11) is 0. The zero-order valence-corrected chi connectivity index (χ0v) is 15.0. The maximum Gasteiger partial charge on any atom is 0.417 e. The number of nitrogens with zero attached hydrogens (tertiary/aromatic N) is 1. The molecular formula is C21H11F3N2OS. The lowest BCUT2D eigenvalue weighted by Crippen LogP contribution is -2.09. The number of aromatic nitrogens is 2. The second-order valence-electron chi connectivity index (χ2n) is 6.40. The van der Waals surface area contributed by atoms with Crippen molar-refractivity contribution in [2.75, 3.05) is 0 Å². The maximum atomic E-state index is 13.9. The Kier molecular flexibility index (Phi) is 3.57. The zero-order chi connectivity index (χ0) is 19.5. The van der Waals surface area contributed by atoms with E-state index in [2.05, 4.69) is 9.97 Å². The van der Waals surface area contributed by atoms with Crippen molar-refractivity contribution in [2.45, 2.75) is 6.18 Å². The van der Waals surface area contributed by atoms with Crippen LogP contribution in [-0.2, 0) is 6.18 Å². The fourth-order valence-electron chi connectivity index (χ4n) is 3.45. The molecule has 0 aliphatic carbocycles. The van der Waals surface area contributed by atoms with Crippen LogP contribution in [0.3, 0.4) is 0 Å². The first kappa shape index (κ1) is 16.9. The van der Waals surface area contributed by atoms with Gasteiger partial charge in [0.1, 0.15) is 4.83 Å². The third-order valence-corrected chi connectivity index (χ3v) is 5.81. The van der Waals surface area contributed by atoms with Crippen molar-refractivity contribution in [2.24, 2.45) is 0 Å². The lowest BCUT2D eigenvalue weighted by molar-refractivity contribution is -0.136. The third kappa shape index (κ3) is 2.51. The standard InChI is InChI=1S/C21H11F3N2OS/c22-21(23,24)14-10-15(11-6-2-1-3-7-11)25-20-16(14)17-18(28-20)12-8-4-5-9-13(12)19(27)26-17/h1-10H,(H,26,27). The predicted molar refractivity (Wildman–Crippen MR) is 106 cm³/mol. The number of nitrogens with one attached hydrogen (secondary N) is 1. The molecule has 0 spiro atoms. The van der Waals surface area contributed by atoms with Gasteiger partial charge in [-0.05, 0) is 12.1 Å². The Morgan fingerprint density at radius 2 is 1.61 bits per heavy atom. The summed E-state index contributed by atoms with van der Waals surface area (Å²) < 4.78 is 42.3. The third-order valence-electron chi connectivity index (χ3n) is 4.69. The zero-order valence-electron chi connectivity index (χ0n) is 14.2. The molecule has 3 heterocycles. The molecule has 7 heteroatoms. The average Bonchev–Trinajstić information content (AvgIpc) is 3.06. The summed E-state index contributed by atoms with van der Waals surface area (Å²) in [6.45, 7) is 0. The molecule has 0 saturated heterocycles. The molecule has 0 amide bonds. The fourth-order valence-corrected chi connectivity index (χ4v) is 4.64. The van der Waals surface area contributed by atoms with Gasteiger partial charge < -0.3 is 4.98 Å². The number of pyridine rings is 2. The minimum absolute atomic E-state index is 0.0602. The number of benzene rings is 2. The minimum Gasteiger partial charge on any atom is -0.320 e. The van der Waals surface area contributed by atoms with Gasteiger partial charge in [0, 0.05) is 21.7 Å². The number of halogens is 3. The molecule has 1 N–H and O–H groups in total. The van der Waals surface area contributed by atoms with E-state index in [0.29, 0.717) is 21.0 Å². The maximum absolute atomic E-state index is 13.9. The summed E-state index contributed by atoms with van der Waals surface area (Å²) in [6.07, 6.45) is -4.58. The number of rotatable bonds is 1. The molecule has 3 aromatic heterocycles. The van der Waals surface area contributed by atoms with Gasteiger partial charge in [-0.1, -0.05) is 48.5 Å². The first-order valence-corrected chi connectivity index (χ1v) is 9.26. The molecule has 138 valence electrons. The van der Waals surface area contributed by atoms with Gasteiger partial charge in [0.15, 0.2) is 0 Å². The molecular weight excluding hydrogens is 385 g/mol. The molecule has 0 radical (unpaired) electrons. The van der Waals surface area contributed by atoms with Crippen molar-refractivity contribution < 1.29 is 13.2 Å². The predicted octanol–water partition coefficient (Wildman–Crippen LogP) is 5.98. The van der Waals surface area contributed by atoms with Gasteiger partial charge in [0.25, 0.3) is 5.56 Å². The second kappa shape index (κ2) is 5.90. The van der Waals surface area contributed by atoms with E-state index >= 15 is 0 Å². The number of H-pyrrole nitrogens is 1. The molecule has 0 atom stereocenters. The Labute approximate surface area is 160 Å². The van der Waals surface area contributed by atoms with Crippen molar-refractivity contribution in [1.82, 2.24) is 9.97 Å². The molecule has 0 unspecified atom stereocenters. The molecule has 0 fully saturated rings. The Balaban J connectivity index is 1.98. The van der Waals surface area contributed by atoms with E-state index in [4.69, 9.17) is 0 Å². The normalized spacial score (nSPS) is 12.2. The molecule has 0 aliphatic rings. The van der Waals surface area contributed by atoms with Gasteiger partial charge in [-0.15, -0.1) is 11.3 Å². The van der Waals surface area contributed by atoms with Crippen molar-refractivity contribution in [1.29, 1.82) is 0 Å². The largest absolute Gasteiger partial charge is 0.417 e. The van der Waals surface area contributed by atoms with E-state index in [1.54, 1.807) is 54.6 Å². The molecule has 2 aromatic carbocycles. The monoisotopic (exact) mass is 396 g/mol. The molecule has 3 nitrogen and oxygen atoms in total. The van der Waals surface area contributed by atoms with Crippen LogP contribution in [0, 0.1) is 0 Å². The van der Waals surface area contributed by atoms with Crippen LogP contribution in [0.2, 0.25) is 0 Å². The number of alkyl halides is 3. The number of aromatic amines is 1. The smallest absolute Gasteiger partial charge is 0.320 e. The van der Waals surface area contributed by atoms with E-state index < -0.39 is 17.3 Å². The van der Waals surface area contributed by atoms with Gasteiger partial charge in [-0.2, -0.15) is 13.2 Å². The van der Waals surface area contributed by atoms with E-state index in [1.807, 2.05) is 0 Å². The van der Waals surface area contributed by atoms with Crippen LogP contribution < -0.4 is 5.56 Å². The summed E-state index contributed by atoms with van der Waals surface area (Å²) in [5.41, 5.74) is -0.177. The highest BCUT2D eigenvalue weighted by Gasteiger charge is 2.35.